The minimum absolute atomic E-state index is 0.0414. The van der Waals surface area contributed by atoms with E-state index >= 15 is 0 Å². The molecular weight excluding hydrogens is 562 g/mol. The molecule has 8 nitrogen and oxygen atoms in total. The summed E-state index contributed by atoms with van der Waals surface area (Å²) in [5.74, 6) is 0.00880. The SMILES string of the molecule is COc1ccc(CN(C(=O)CN(c2cc(Cl)ccc2C)S(=O)(=O)c2ccc(C)cc2)[C@@H](C)C(=O)NCC(C)C)cc1. The zero-order valence-electron chi connectivity index (χ0n) is 24.3. The maximum Gasteiger partial charge on any atom is 0.264 e. The molecule has 0 saturated carbocycles. The van der Waals surface area contributed by atoms with Crippen molar-refractivity contribution >= 4 is 39.1 Å². The molecule has 2 amide bonds. The number of rotatable bonds is 12. The maximum atomic E-state index is 14.0. The summed E-state index contributed by atoms with van der Waals surface area (Å²) in [6, 6.07) is 17.6. The second-order valence-corrected chi connectivity index (χ2v) is 12.7. The van der Waals surface area contributed by atoms with Gasteiger partial charge in [-0.2, -0.15) is 0 Å². The highest BCUT2D eigenvalue weighted by atomic mass is 35.5. The molecule has 1 N–H and O–H groups in total. The predicted molar refractivity (Wildman–Crippen MR) is 163 cm³/mol. The van der Waals surface area contributed by atoms with E-state index in [-0.39, 0.29) is 29.0 Å². The molecule has 0 saturated heterocycles. The standard InChI is InChI=1S/C31H38ClN3O5S/c1-21(2)18-33-31(37)24(5)34(19-25-10-13-27(40-6)14-11-25)30(36)20-35(29-17-26(32)12-9-23(29)4)41(38,39)28-15-7-22(3)8-16-28/h7-17,21,24H,18-20H2,1-6H3,(H,33,37)/t24-/m0/s1. The molecule has 220 valence electrons. The van der Waals surface area contributed by atoms with E-state index < -0.39 is 28.5 Å². The maximum absolute atomic E-state index is 14.0. The van der Waals surface area contributed by atoms with Crippen LogP contribution in [0.1, 0.15) is 37.5 Å². The van der Waals surface area contributed by atoms with Crippen LogP contribution in [0, 0.1) is 19.8 Å². The summed E-state index contributed by atoms with van der Waals surface area (Å²) in [4.78, 5) is 28.6. The number of amides is 2. The van der Waals surface area contributed by atoms with Crippen molar-refractivity contribution in [2.24, 2.45) is 5.92 Å². The van der Waals surface area contributed by atoms with Crippen molar-refractivity contribution in [3.63, 3.8) is 0 Å². The van der Waals surface area contributed by atoms with Gasteiger partial charge in [0.25, 0.3) is 10.0 Å². The van der Waals surface area contributed by atoms with Crippen LogP contribution in [-0.2, 0) is 26.2 Å². The zero-order valence-corrected chi connectivity index (χ0v) is 25.9. The first-order chi connectivity index (χ1) is 19.3. The average Bonchev–Trinajstić information content (AvgIpc) is 2.94. The highest BCUT2D eigenvalue weighted by molar-refractivity contribution is 7.92. The Kier molecular flexibility index (Phi) is 10.8. The molecule has 0 aliphatic rings. The van der Waals surface area contributed by atoms with Crippen LogP contribution < -0.4 is 14.4 Å². The van der Waals surface area contributed by atoms with Crippen LogP contribution in [0.5, 0.6) is 5.75 Å². The Morgan fingerprint density at radius 1 is 0.951 bits per heavy atom. The number of hydrogen-bond acceptors (Lipinski definition) is 5. The third kappa shape index (κ3) is 8.24. The Bertz CT molecular complexity index is 1460. The predicted octanol–water partition coefficient (Wildman–Crippen LogP) is 5.35. The number of aryl methyl sites for hydroxylation is 2. The molecule has 0 aliphatic heterocycles. The van der Waals surface area contributed by atoms with Crippen LogP contribution >= 0.6 is 11.6 Å². The van der Waals surface area contributed by atoms with Crippen molar-refractivity contribution in [3.05, 3.63) is 88.4 Å². The number of carbonyl (C=O) groups is 2. The molecule has 0 bridgehead atoms. The number of ether oxygens (including phenoxy) is 1. The number of hydrogen-bond donors (Lipinski definition) is 1. The number of nitrogens with one attached hydrogen (secondary N) is 1. The van der Waals surface area contributed by atoms with Crippen LogP contribution in [0.4, 0.5) is 5.69 Å². The van der Waals surface area contributed by atoms with Gasteiger partial charge >= 0.3 is 0 Å². The quantitative estimate of drug-likeness (QED) is 0.303. The summed E-state index contributed by atoms with van der Waals surface area (Å²) in [6.45, 7) is 9.22. The molecule has 0 aliphatic carbocycles. The number of anilines is 1. The highest BCUT2D eigenvalue weighted by Gasteiger charge is 2.33. The van der Waals surface area contributed by atoms with E-state index in [4.69, 9.17) is 16.3 Å². The first-order valence-electron chi connectivity index (χ1n) is 13.4. The number of sulfonamides is 1. The van der Waals surface area contributed by atoms with Gasteiger partial charge in [0.15, 0.2) is 0 Å². The van der Waals surface area contributed by atoms with Gasteiger partial charge in [-0.15, -0.1) is 0 Å². The molecule has 0 radical (unpaired) electrons. The molecule has 10 heteroatoms. The Hall–Kier alpha value is -3.56. The molecule has 1 atom stereocenters. The van der Waals surface area contributed by atoms with Gasteiger partial charge in [0.1, 0.15) is 18.3 Å². The Labute approximate surface area is 248 Å². The monoisotopic (exact) mass is 599 g/mol. The van der Waals surface area contributed by atoms with E-state index in [9.17, 15) is 18.0 Å². The van der Waals surface area contributed by atoms with Gasteiger partial charge in [-0.1, -0.05) is 61.3 Å². The van der Waals surface area contributed by atoms with Crippen molar-refractivity contribution in [1.29, 1.82) is 0 Å². The molecule has 41 heavy (non-hydrogen) atoms. The lowest BCUT2D eigenvalue weighted by atomic mass is 10.1. The van der Waals surface area contributed by atoms with Gasteiger partial charge in [-0.3, -0.25) is 13.9 Å². The summed E-state index contributed by atoms with van der Waals surface area (Å²) in [6.07, 6.45) is 0. The highest BCUT2D eigenvalue weighted by Crippen LogP contribution is 2.30. The molecule has 0 heterocycles. The third-order valence-corrected chi connectivity index (χ3v) is 8.70. The van der Waals surface area contributed by atoms with Crippen molar-refractivity contribution in [3.8, 4) is 5.75 Å². The number of carbonyl (C=O) groups excluding carboxylic acids is 2. The normalized spacial score (nSPS) is 12.1. The average molecular weight is 600 g/mol. The van der Waals surface area contributed by atoms with Crippen LogP contribution in [0.2, 0.25) is 5.02 Å². The fraction of sp³-hybridized carbons (Fsp3) is 0.355. The van der Waals surface area contributed by atoms with Gasteiger partial charge in [-0.25, -0.2) is 8.42 Å². The van der Waals surface area contributed by atoms with Crippen LogP contribution in [-0.4, -0.2) is 51.4 Å². The Morgan fingerprint density at radius 3 is 2.17 bits per heavy atom. The molecule has 3 rings (SSSR count). The molecular formula is C31H38ClN3O5S. The first-order valence-corrected chi connectivity index (χ1v) is 15.2. The van der Waals surface area contributed by atoms with Crippen LogP contribution in [0.15, 0.2) is 71.6 Å². The van der Waals surface area contributed by atoms with Gasteiger partial charge in [0, 0.05) is 18.1 Å². The Balaban J connectivity index is 2.05. The van der Waals surface area contributed by atoms with Crippen molar-refractivity contribution in [2.75, 3.05) is 24.5 Å². The van der Waals surface area contributed by atoms with E-state index in [2.05, 4.69) is 5.32 Å². The lowest BCUT2D eigenvalue weighted by molar-refractivity contribution is -0.139. The van der Waals surface area contributed by atoms with Gasteiger partial charge < -0.3 is 15.0 Å². The van der Waals surface area contributed by atoms with E-state index in [0.717, 1.165) is 15.4 Å². The zero-order chi connectivity index (χ0) is 30.3. The van der Waals surface area contributed by atoms with E-state index in [0.29, 0.717) is 22.9 Å². The first kappa shape index (κ1) is 32.0. The molecule has 0 unspecified atom stereocenters. The number of methoxy groups -OCH3 is 1. The van der Waals surface area contributed by atoms with Gasteiger partial charge in [-0.05, 0) is 74.2 Å². The topological polar surface area (TPSA) is 96.0 Å². The molecule has 3 aromatic carbocycles. The van der Waals surface area contributed by atoms with Crippen LogP contribution in [0.25, 0.3) is 0 Å². The molecule has 0 spiro atoms. The minimum Gasteiger partial charge on any atom is -0.497 e. The van der Waals surface area contributed by atoms with E-state index in [1.807, 2.05) is 20.8 Å². The van der Waals surface area contributed by atoms with Crippen molar-refractivity contribution in [1.82, 2.24) is 10.2 Å². The minimum atomic E-state index is -4.18. The number of benzene rings is 3. The lowest BCUT2D eigenvalue weighted by Gasteiger charge is -2.32. The molecule has 3 aromatic rings. The summed E-state index contributed by atoms with van der Waals surface area (Å²) >= 11 is 6.28. The second-order valence-electron chi connectivity index (χ2n) is 10.4. The lowest BCUT2D eigenvalue weighted by Crippen LogP contribution is -2.51. The van der Waals surface area contributed by atoms with Gasteiger partial charge in [0.05, 0.1) is 17.7 Å². The summed E-state index contributed by atoms with van der Waals surface area (Å²) in [7, 11) is -2.62. The van der Waals surface area contributed by atoms with Crippen molar-refractivity contribution < 1.29 is 22.7 Å². The fourth-order valence-corrected chi connectivity index (χ4v) is 5.80. The molecule has 0 aromatic heterocycles. The van der Waals surface area contributed by atoms with Crippen molar-refractivity contribution in [2.45, 2.75) is 52.1 Å². The summed E-state index contributed by atoms with van der Waals surface area (Å²) in [5, 5.41) is 3.21. The molecule has 0 fully saturated rings. The smallest absolute Gasteiger partial charge is 0.264 e. The summed E-state index contributed by atoms with van der Waals surface area (Å²) < 4.78 is 34.3. The second kappa shape index (κ2) is 13.9. The summed E-state index contributed by atoms with van der Waals surface area (Å²) in [5.41, 5.74) is 2.57. The van der Waals surface area contributed by atoms with E-state index in [1.54, 1.807) is 69.5 Å². The largest absolute Gasteiger partial charge is 0.497 e. The van der Waals surface area contributed by atoms with Gasteiger partial charge in [0.2, 0.25) is 11.8 Å². The number of nitrogens with zero attached hydrogens (tertiary/aromatic N) is 2. The third-order valence-electron chi connectivity index (χ3n) is 6.69. The van der Waals surface area contributed by atoms with E-state index in [1.165, 1.54) is 23.1 Å². The fourth-order valence-electron chi connectivity index (χ4n) is 4.16. The van der Waals surface area contributed by atoms with Crippen LogP contribution in [0.3, 0.4) is 0 Å². The Morgan fingerprint density at radius 2 is 1.59 bits per heavy atom. The number of halogens is 1.